The first kappa shape index (κ1) is 25.8. The molecule has 0 aromatic heterocycles. The molecule has 32 heavy (non-hydrogen) atoms. The molecule has 6 nitrogen and oxygen atoms in total. The molecule has 0 aliphatic heterocycles. The molecule has 0 spiro atoms. The average molecular weight is 481 g/mol. The number of ether oxygens (including phenoxy) is 2. The van der Waals surface area contributed by atoms with Gasteiger partial charge in [-0.25, -0.2) is 0 Å². The Labute approximate surface area is 199 Å². The molecule has 0 bridgehead atoms. The van der Waals surface area contributed by atoms with E-state index in [-0.39, 0.29) is 24.8 Å². The maximum atomic E-state index is 13.3. The van der Waals surface area contributed by atoms with Gasteiger partial charge in [-0.1, -0.05) is 42.3 Å². The number of methoxy groups -OCH3 is 2. The Bertz CT molecular complexity index is 936. The van der Waals surface area contributed by atoms with E-state index >= 15 is 0 Å². The third kappa shape index (κ3) is 6.78. The van der Waals surface area contributed by atoms with E-state index < -0.39 is 6.04 Å². The van der Waals surface area contributed by atoms with Crippen LogP contribution in [-0.2, 0) is 22.6 Å². The van der Waals surface area contributed by atoms with Gasteiger partial charge in [-0.15, -0.1) is 0 Å². The fourth-order valence-corrected chi connectivity index (χ4v) is 3.80. The normalized spacial score (nSPS) is 11.6. The van der Waals surface area contributed by atoms with E-state index in [2.05, 4.69) is 5.32 Å². The van der Waals surface area contributed by atoms with Crippen LogP contribution in [0.3, 0.4) is 0 Å². The van der Waals surface area contributed by atoms with Crippen LogP contribution in [0.15, 0.2) is 36.4 Å². The largest absolute Gasteiger partial charge is 0.493 e. The summed E-state index contributed by atoms with van der Waals surface area (Å²) in [7, 11) is 3.15. The number of rotatable bonds is 11. The summed E-state index contributed by atoms with van der Waals surface area (Å²) in [5.74, 6) is 0.948. The highest BCUT2D eigenvalue weighted by molar-refractivity contribution is 6.42. The van der Waals surface area contributed by atoms with E-state index in [0.29, 0.717) is 40.9 Å². The summed E-state index contributed by atoms with van der Waals surface area (Å²) in [5, 5.41) is 3.68. The molecule has 0 saturated heterocycles. The Morgan fingerprint density at radius 3 is 2.25 bits per heavy atom. The molecule has 0 aliphatic rings. The van der Waals surface area contributed by atoms with Gasteiger partial charge in [0.05, 0.1) is 24.3 Å². The molecule has 2 amide bonds. The molecule has 1 N–H and O–H groups in total. The Hall–Kier alpha value is -2.44. The third-order valence-electron chi connectivity index (χ3n) is 5.15. The molecule has 8 heteroatoms. The molecular weight excluding hydrogens is 451 g/mol. The highest BCUT2D eigenvalue weighted by atomic mass is 35.5. The number of nitrogens with zero attached hydrogens (tertiary/aromatic N) is 1. The maximum Gasteiger partial charge on any atom is 0.242 e. The van der Waals surface area contributed by atoms with Gasteiger partial charge in [0.15, 0.2) is 11.5 Å². The zero-order valence-electron chi connectivity index (χ0n) is 18.9. The van der Waals surface area contributed by atoms with Gasteiger partial charge in [-0.3, -0.25) is 9.59 Å². The van der Waals surface area contributed by atoms with E-state index in [1.54, 1.807) is 31.3 Å². The van der Waals surface area contributed by atoms with Crippen LogP contribution in [-0.4, -0.2) is 43.5 Å². The summed E-state index contributed by atoms with van der Waals surface area (Å²) < 4.78 is 10.6. The molecule has 1 atom stereocenters. The zero-order chi connectivity index (χ0) is 23.7. The first-order valence-electron chi connectivity index (χ1n) is 10.6. The van der Waals surface area contributed by atoms with Crippen LogP contribution in [0.4, 0.5) is 0 Å². The van der Waals surface area contributed by atoms with E-state index in [1.807, 2.05) is 38.1 Å². The number of carbonyl (C=O) groups excluding carboxylic acids is 2. The fraction of sp³-hybridized carbons (Fsp3) is 0.417. The molecule has 0 unspecified atom stereocenters. The Balaban J connectivity index is 2.24. The number of hydrogen-bond donors (Lipinski definition) is 1. The molecule has 0 radical (unpaired) electrons. The van der Waals surface area contributed by atoms with Crippen LogP contribution in [0, 0.1) is 0 Å². The van der Waals surface area contributed by atoms with Gasteiger partial charge >= 0.3 is 0 Å². The van der Waals surface area contributed by atoms with Crippen LogP contribution in [0.5, 0.6) is 11.5 Å². The van der Waals surface area contributed by atoms with Gasteiger partial charge in [0.1, 0.15) is 6.04 Å². The Morgan fingerprint density at radius 2 is 1.66 bits per heavy atom. The van der Waals surface area contributed by atoms with E-state index in [9.17, 15) is 9.59 Å². The van der Waals surface area contributed by atoms with Crippen molar-refractivity contribution in [3.63, 3.8) is 0 Å². The highest BCUT2D eigenvalue weighted by Crippen LogP contribution is 2.28. The number of carbonyl (C=O) groups is 2. The number of likely N-dealkylation sites (N-methyl/N-ethyl adjacent to an activating group) is 1. The molecule has 0 fully saturated rings. The lowest BCUT2D eigenvalue weighted by molar-refractivity contribution is -0.141. The number of halogens is 2. The van der Waals surface area contributed by atoms with Crippen molar-refractivity contribution in [1.82, 2.24) is 10.2 Å². The predicted octanol–water partition coefficient (Wildman–Crippen LogP) is 4.89. The summed E-state index contributed by atoms with van der Waals surface area (Å²) in [6.07, 6.45) is 1.24. The third-order valence-corrected chi connectivity index (χ3v) is 5.89. The van der Waals surface area contributed by atoms with Gasteiger partial charge in [-0.2, -0.15) is 0 Å². The summed E-state index contributed by atoms with van der Waals surface area (Å²) in [6, 6.07) is 10.2. The van der Waals surface area contributed by atoms with Gasteiger partial charge in [0.25, 0.3) is 0 Å². The van der Waals surface area contributed by atoms with Crippen molar-refractivity contribution in [2.24, 2.45) is 0 Å². The fourth-order valence-electron chi connectivity index (χ4n) is 3.48. The lowest BCUT2D eigenvalue weighted by atomic mass is 10.1. The molecule has 2 rings (SSSR count). The van der Waals surface area contributed by atoms with Crippen LogP contribution < -0.4 is 14.8 Å². The molecular formula is C24H30Cl2N2O4. The first-order valence-corrected chi connectivity index (χ1v) is 11.3. The Kier molecular flexibility index (Phi) is 10.1. The van der Waals surface area contributed by atoms with Crippen LogP contribution in [0.25, 0.3) is 0 Å². The number of amides is 2. The Morgan fingerprint density at radius 1 is 0.969 bits per heavy atom. The summed E-state index contributed by atoms with van der Waals surface area (Å²) in [5.41, 5.74) is 1.75. The van der Waals surface area contributed by atoms with E-state index in [0.717, 1.165) is 11.1 Å². The summed E-state index contributed by atoms with van der Waals surface area (Å²) >= 11 is 12.2. The van der Waals surface area contributed by atoms with Crippen molar-refractivity contribution in [3.8, 4) is 11.5 Å². The van der Waals surface area contributed by atoms with Crippen molar-refractivity contribution in [1.29, 1.82) is 0 Å². The molecule has 174 valence electrons. The summed E-state index contributed by atoms with van der Waals surface area (Å²) in [6.45, 7) is 4.50. The summed E-state index contributed by atoms with van der Waals surface area (Å²) in [4.78, 5) is 27.6. The molecule has 2 aromatic rings. The molecule has 0 saturated carbocycles. The topological polar surface area (TPSA) is 67.9 Å². The average Bonchev–Trinajstić information content (AvgIpc) is 2.79. The second kappa shape index (κ2) is 12.6. The van der Waals surface area contributed by atoms with Crippen LogP contribution in [0.1, 0.15) is 37.8 Å². The quantitative estimate of drug-likeness (QED) is 0.497. The molecule has 0 heterocycles. The van der Waals surface area contributed by atoms with Crippen molar-refractivity contribution in [3.05, 3.63) is 57.6 Å². The maximum absolute atomic E-state index is 13.3. The second-order valence-electron chi connectivity index (χ2n) is 7.28. The van der Waals surface area contributed by atoms with Crippen LogP contribution >= 0.6 is 23.2 Å². The second-order valence-corrected chi connectivity index (χ2v) is 8.09. The van der Waals surface area contributed by atoms with Crippen molar-refractivity contribution in [2.45, 2.75) is 45.7 Å². The predicted molar refractivity (Wildman–Crippen MR) is 128 cm³/mol. The standard InChI is InChI=1S/C24H30Cl2N2O4/c1-5-20(24(30)27-6-2)28(15-17-7-10-18(25)19(26)13-17)23(29)12-9-16-8-11-21(31-3)22(14-16)32-4/h7-8,10-11,13-14,20H,5-6,9,12,15H2,1-4H3,(H,27,30)/t20-/m1/s1. The SMILES string of the molecule is CCNC(=O)[C@@H](CC)N(Cc1ccc(Cl)c(Cl)c1)C(=O)CCc1ccc(OC)c(OC)c1. The lowest BCUT2D eigenvalue weighted by Gasteiger charge is -2.30. The smallest absolute Gasteiger partial charge is 0.242 e. The van der Waals surface area contributed by atoms with E-state index in [1.165, 1.54) is 0 Å². The number of hydrogen-bond acceptors (Lipinski definition) is 4. The lowest BCUT2D eigenvalue weighted by Crippen LogP contribution is -2.49. The van der Waals surface area contributed by atoms with Crippen LogP contribution in [0.2, 0.25) is 10.0 Å². The monoisotopic (exact) mass is 480 g/mol. The highest BCUT2D eigenvalue weighted by Gasteiger charge is 2.28. The van der Waals surface area contributed by atoms with Gasteiger partial charge in [-0.05, 0) is 55.2 Å². The molecule has 2 aromatic carbocycles. The number of aryl methyl sites for hydroxylation is 1. The van der Waals surface area contributed by atoms with E-state index in [4.69, 9.17) is 32.7 Å². The van der Waals surface area contributed by atoms with Gasteiger partial charge in [0.2, 0.25) is 11.8 Å². The minimum atomic E-state index is -0.581. The van der Waals surface area contributed by atoms with Gasteiger partial charge in [0, 0.05) is 19.5 Å². The van der Waals surface area contributed by atoms with Crippen molar-refractivity contribution >= 4 is 35.0 Å². The zero-order valence-corrected chi connectivity index (χ0v) is 20.4. The number of benzene rings is 2. The number of nitrogens with one attached hydrogen (secondary N) is 1. The van der Waals surface area contributed by atoms with Crippen molar-refractivity contribution < 1.29 is 19.1 Å². The molecule has 0 aliphatic carbocycles. The first-order chi connectivity index (χ1) is 15.3. The minimum Gasteiger partial charge on any atom is -0.493 e. The van der Waals surface area contributed by atoms with Crippen molar-refractivity contribution in [2.75, 3.05) is 20.8 Å². The van der Waals surface area contributed by atoms with Gasteiger partial charge < -0.3 is 19.7 Å². The minimum absolute atomic E-state index is 0.121.